The molecule has 0 radical (unpaired) electrons. The van der Waals surface area contributed by atoms with Crippen LogP contribution in [0.1, 0.15) is 52.5 Å². The van der Waals surface area contributed by atoms with Gasteiger partial charge in [-0.2, -0.15) is 13.2 Å². The van der Waals surface area contributed by atoms with Gasteiger partial charge in [0.2, 0.25) is 0 Å². The highest BCUT2D eigenvalue weighted by molar-refractivity contribution is 5.77. The van der Waals surface area contributed by atoms with E-state index in [1.165, 1.54) is 24.5 Å². The van der Waals surface area contributed by atoms with E-state index in [1.807, 2.05) is 11.6 Å². The minimum atomic E-state index is -4.61. The summed E-state index contributed by atoms with van der Waals surface area (Å²) in [4.78, 5) is 24.8. The van der Waals surface area contributed by atoms with Crippen LogP contribution in [0.2, 0.25) is 0 Å². The van der Waals surface area contributed by atoms with Crippen LogP contribution >= 0.6 is 0 Å². The molecule has 1 unspecified atom stereocenters. The summed E-state index contributed by atoms with van der Waals surface area (Å²) in [6.45, 7) is 0. The van der Waals surface area contributed by atoms with Crippen molar-refractivity contribution in [2.24, 2.45) is 13.0 Å². The van der Waals surface area contributed by atoms with Crippen molar-refractivity contribution in [3.63, 3.8) is 0 Å². The number of nitrogens with zero attached hydrogens (tertiary/aromatic N) is 5. The Kier molecular flexibility index (Phi) is 4.95. The Morgan fingerprint density at radius 1 is 1.21 bits per heavy atom. The van der Waals surface area contributed by atoms with Gasteiger partial charge in [-0.1, -0.05) is 6.42 Å². The van der Waals surface area contributed by atoms with Gasteiger partial charge in [0.1, 0.15) is 18.4 Å². The van der Waals surface area contributed by atoms with Gasteiger partial charge in [0.25, 0.3) is 0 Å². The minimum Gasteiger partial charge on any atom is -0.320 e. The van der Waals surface area contributed by atoms with Crippen molar-refractivity contribution in [3.8, 4) is 5.69 Å². The van der Waals surface area contributed by atoms with Crippen molar-refractivity contribution in [3.05, 3.63) is 82.1 Å². The number of rotatable bonds is 5. The molecule has 3 heterocycles. The molecule has 5 rings (SSSR count). The molecule has 0 N–H and O–H groups in total. The molecular weight excluding hydrogens is 435 g/mol. The summed E-state index contributed by atoms with van der Waals surface area (Å²) in [6, 6.07) is 7.12. The second-order valence-corrected chi connectivity index (χ2v) is 8.40. The normalized spacial score (nSPS) is 15.5. The molecule has 1 aliphatic rings. The van der Waals surface area contributed by atoms with Gasteiger partial charge in [-0.05, 0) is 54.7 Å². The van der Waals surface area contributed by atoms with E-state index in [2.05, 4.69) is 10.2 Å². The second-order valence-electron chi connectivity index (χ2n) is 8.40. The lowest BCUT2D eigenvalue weighted by Crippen LogP contribution is -2.24. The lowest BCUT2D eigenvalue weighted by molar-refractivity contribution is -0.136. The lowest BCUT2D eigenvalue weighted by atomic mass is 9.72. The molecule has 1 aromatic carbocycles. The highest BCUT2D eigenvalue weighted by Gasteiger charge is 2.35. The first-order valence-corrected chi connectivity index (χ1v) is 10.5. The Morgan fingerprint density at radius 2 is 2.00 bits per heavy atom. The summed E-state index contributed by atoms with van der Waals surface area (Å²) in [5, 5.41) is 8.26. The van der Waals surface area contributed by atoms with Crippen LogP contribution in [-0.2, 0) is 13.2 Å². The van der Waals surface area contributed by atoms with Crippen LogP contribution in [0.3, 0.4) is 0 Å². The highest BCUT2D eigenvalue weighted by Crippen LogP contribution is 2.43. The van der Waals surface area contributed by atoms with Gasteiger partial charge in [-0.15, -0.1) is 10.2 Å². The molecule has 1 fully saturated rings. The number of carbonyl (C=O) groups is 1. The number of alkyl halides is 3. The smallest absolute Gasteiger partial charge is 0.320 e. The molecule has 0 bridgehead atoms. The van der Waals surface area contributed by atoms with Crippen molar-refractivity contribution in [1.82, 2.24) is 23.7 Å². The minimum absolute atomic E-state index is 0.150. The maximum Gasteiger partial charge on any atom is 0.418 e. The molecule has 1 atom stereocenters. The molecule has 0 saturated heterocycles. The maximum absolute atomic E-state index is 13.5. The zero-order valence-electron chi connectivity index (χ0n) is 17.7. The van der Waals surface area contributed by atoms with E-state index in [1.54, 1.807) is 18.5 Å². The van der Waals surface area contributed by atoms with E-state index >= 15 is 0 Å². The van der Waals surface area contributed by atoms with E-state index in [0.29, 0.717) is 23.5 Å². The zero-order valence-corrected chi connectivity index (χ0v) is 17.7. The first kappa shape index (κ1) is 21.2. The first-order valence-electron chi connectivity index (χ1n) is 10.5. The summed E-state index contributed by atoms with van der Waals surface area (Å²) in [6.07, 6.45) is 3.19. The number of pyridine rings is 1. The summed E-state index contributed by atoms with van der Waals surface area (Å²) in [5.41, 5.74) is -0.386. The topological polar surface area (TPSA) is 74.2 Å². The van der Waals surface area contributed by atoms with Gasteiger partial charge in [-0.3, -0.25) is 13.8 Å². The largest absolute Gasteiger partial charge is 0.418 e. The molecule has 0 spiro atoms. The number of aromatic nitrogens is 5. The molecule has 0 aliphatic heterocycles. The highest BCUT2D eigenvalue weighted by atomic mass is 19.4. The predicted octanol–water partition coefficient (Wildman–Crippen LogP) is 3.98. The maximum atomic E-state index is 13.5. The number of hydrogen-bond donors (Lipinski definition) is 0. The third kappa shape index (κ3) is 3.55. The average molecular weight is 455 g/mol. The number of hydrogen-bond acceptors (Lipinski definition) is 4. The third-order valence-corrected chi connectivity index (χ3v) is 6.38. The average Bonchev–Trinajstić information content (AvgIpc) is 3.32. The van der Waals surface area contributed by atoms with Gasteiger partial charge in [0.05, 0.1) is 16.8 Å². The number of imidazole rings is 1. The van der Waals surface area contributed by atoms with Crippen molar-refractivity contribution in [2.45, 2.75) is 31.4 Å². The number of fused-ring (bicyclic) bond motifs is 1. The number of aldehydes is 1. The molecule has 10 heteroatoms. The Balaban J connectivity index is 1.71. The molecule has 33 heavy (non-hydrogen) atoms. The quantitative estimate of drug-likeness (QED) is 0.427. The van der Waals surface area contributed by atoms with Crippen molar-refractivity contribution < 1.29 is 18.0 Å². The Morgan fingerprint density at radius 3 is 2.61 bits per heavy atom. The summed E-state index contributed by atoms with van der Waals surface area (Å²) in [7, 11) is 1.84. The van der Waals surface area contributed by atoms with Crippen LogP contribution < -0.4 is 5.69 Å². The summed E-state index contributed by atoms with van der Waals surface area (Å²) in [5.74, 6) is 0.884. The molecule has 0 amide bonds. The van der Waals surface area contributed by atoms with E-state index < -0.39 is 17.4 Å². The SMILES string of the molecule is Cn1cnnc1C(c1cc(C=O)cc(-n2cc3c(C(F)(F)F)cccn3c2=O)c1)C1CCC1. The Bertz CT molecular complexity index is 1410. The van der Waals surface area contributed by atoms with Gasteiger partial charge in [0.15, 0.2) is 0 Å². The van der Waals surface area contributed by atoms with Crippen LogP contribution in [0.25, 0.3) is 11.2 Å². The van der Waals surface area contributed by atoms with Crippen LogP contribution in [0.15, 0.2) is 53.8 Å². The first-order chi connectivity index (χ1) is 15.8. The van der Waals surface area contributed by atoms with Gasteiger partial charge in [0, 0.05) is 30.9 Å². The van der Waals surface area contributed by atoms with Crippen molar-refractivity contribution in [1.29, 1.82) is 0 Å². The van der Waals surface area contributed by atoms with Gasteiger partial charge < -0.3 is 4.57 Å². The number of aryl methyl sites for hydroxylation is 1. The lowest BCUT2D eigenvalue weighted by Gasteiger charge is -2.33. The molecule has 4 aromatic rings. The number of carbonyl (C=O) groups excluding carboxylic acids is 1. The molecule has 1 aliphatic carbocycles. The Hall–Kier alpha value is -3.69. The van der Waals surface area contributed by atoms with Crippen molar-refractivity contribution in [2.75, 3.05) is 0 Å². The van der Waals surface area contributed by atoms with E-state index in [0.717, 1.165) is 45.7 Å². The summed E-state index contributed by atoms with van der Waals surface area (Å²) < 4.78 is 44.4. The van der Waals surface area contributed by atoms with Gasteiger partial charge >= 0.3 is 11.9 Å². The van der Waals surface area contributed by atoms with Crippen LogP contribution in [0.5, 0.6) is 0 Å². The van der Waals surface area contributed by atoms with E-state index in [4.69, 9.17) is 0 Å². The fourth-order valence-electron chi connectivity index (χ4n) is 4.56. The van der Waals surface area contributed by atoms with Crippen LogP contribution in [0.4, 0.5) is 13.2 Å². The number of halogens is 3. The zero-order chi connectivity index (χ0) is 23.3. The standard InChI is InChI=1S/C23H20F3N5O2/c1-29-13-27-28-21(29)20(15-4-2-5-15)16-8-14(12-32)9-17(10-16)31-11-19-18(23(24,25)26)6-3-7-30(19)22(31)33/h3,6-13,15,20H,2,4-5H2,1H3. The molecular formula is C23H20F3N5O2. The van der Waals surface area contributed by atoms with Gasteiger partial charge in [-0.25, -0.2) is 4.79 Å². The van der Waals surface area contributed by atoms with E-state index in [9.17, 15) is 22.8 Å². The second kappa shape index (κ2) is 7.72. The fourth-order valence-corrected chi connectivity index (χ4v) is 4.56. The number of benzene rings is 1. The molecule has 3 aromatic heterocycles. The monoisotopic (exact) mass is 455 g/mol. The predicted molar refractivity (Wildman–Crippen MR) is 114 cm³/mol. The fraction of sp³-hybridized carbons (Fsp3) is 0.304. The molecule has 1 saturated carbocycles. The summed E-state index contributed by atoms with van der Waals surface area (Å²) >= 11 is 0. The third-order valence-electron chi connectivity index (χ3n) is 6.38. The molecule has 7 nitrogen and oxygen atoms in total. The van der Waals surface area contributed by atoms with Crippen LogP contribution in [-0.4, -0.2) is 30.0 Å². The van der Waals surface area contributed by atoms with Crippen LogP contribution in [0, 0.1) is 5.92 Å². The van der Waals surface area contributed by atoms with E-state index in [-0.39, 0.29) is 11.4 Å². The molecule has 170 valence electrons. The van der Waals surface area contributed by atoms with Crippen molar-refractivity contribution >= 4 is 11.8 Å². The Labute approximate surface area is 186 Å².